The van der Waals surface area contributed by atoms with Crippen molar-refractivity contribution in [2.75, 3.05) is 31.1 Å². The Labute approximate surface area is 175 Å². The maximum atomic E-state index is 14.0. The highest BCUT2D eigenvalue weighted by molar-refractivity contribution is 7.98. The van der Waals surface area contributed by atoms with Gasteiger partial charge in [-0.05, 0) is 42.0 Å². The number of nitrogens with zero attached hydrogens (tertiary/aromatic N) is 2. The van der Waals surface area contributed by atoms with Gasteiger partial charge in [-0.3, -0.25) is 4.79 Å². The quantitative estimate of drug-likeness (QED) is 0.552. The molecular formula is C24H23FN2OS. The number of para-hydroxylation sites is 1. The smallest absolute Gasteiger partial charge is 0.253 e. The van der Waals surface area contributed by atoms with Gasteiger partial charge in [-0.25, -0.2) is 4.39 Å². The van der Waals surface area contributed by atoms with Gasteiger partial charge < -0.3 is 9.80 Å². The fourth-order valence-electron chi connectivity index (χ4n) is 3.47. The third kappa shape index (κ3) is 4.80. The van der Waals surface area contributed by atoms with E-state index >= 15 is 0 Å². The molecule has 29 heavy (non-hydrogen) atoms. The second-order valence-corrected chi connectivity index (χ2v) is 8.08. The summed E-state index contributed by atoms with van der Waals surface area (Å²) in [4.78, 5) is 17.9. The molecule has 148 valence electrons. The molecule has 3 aromatic rings. The number of piperazine rings is 1. The number of hydrogen-bond acceptors (Lipinski definition) is 3. The van der Waals surface area contributed by atoms with E-state index in [1.807, 2.05) is 58.3 Å². The van der Waals surface area contributed by atoms with Crippen molar-refractivity contribution < 1.29 is 9.18 Å². The maximum Gasteiger partial charge on any atom is 0.253 e. The molecular weight excluding hydrogens is 383 g/mol. The van der Waals surface area contributed by atoms with E-state index in [9.17, 15) is 9.18 Å². The molecule has 1 aliphatic rings. The lowest BCUT2D eigenvalue weighted by atomic mass is 10.1. The van der Waals surface area contributed by atoms with Gasteiger partial charge in [-0.15, -0.1) is 11.8 Å². The molecule has 1 aliphatic heterocycles. The van der Waals surface area contributed by atoms with E-state index in [1.165, 1.54) is 16.5 Å². The van der Waals surface area contributed by atoms with Crippen molar-refractivity contribution in [2.45, 2.75) is 10.6 Å². The van der Waals surface area contributed by atoms with Crippen LogP contribution in [0.25, 0.3) is 0 Å². The lowest BCUT2D eigenvalue weighted by Gasteiger charge is -2.36. The Morgan fingerprint density at radius 1 is 0.828 bits per heavy atom. The van der Waals surface area contributed by atoms with Crippen LogP contribution in [0.5, 0.6) is 0 Å². The second kappa shape index (κ2) is 9.14. The van der Waals surface area contributed by atoms with Gasteiger partial charge in [0.1, 0.15) is 5.82 Å². The highest BCUT2D eigenvalue weighted by Crippen LogP contribution is 2.23. The van der Waals surface area contributed by atoms with Crippen molar-refractivity contribution in [3.63, 3.8) is 0 Å². The van der Waals surface area contributed by atoms with E-state index in [2.05, 4.69) is 12.1 Å². The van der Waals surface area contributed by atoms with Crippen LogP contribution in [0, 0.1) is 5.82 Å². The minimum atomic E-state index is -0.212. The van der Waals surface area contributed by atoms with Crippen molar-refractivity contribution in [3.05, 3.63) is 95.8 Å². The Balaban J connectivity index is 1.32. The molecule has 0 saturated carbocycles. The monoisotopic (exact) mass is 406 g/mol. The van der Waals surface area contributed by atoms with Crippen LogP contribution >= 0.6 is 11.8 Å². The zero-order chi connectivity index (χ0) is 20.1. The molecule has 0 atom stereocenters. The van der Waals surface area contributed by atoms with Crippen LogP contribution in [0.2, 0.25) is 0 Å². The molecule has 4 rings (SSSR count). The first-order valence-corrected chi connectivity index (χ1v) is 10.7. The van der Waals surface area contributed by atoms with Gasteiger partial charge in [-0.1, -0.05) is 42.5 Å². The maximum absolute atomic E-state index is 14.0. The number of carbonyl (C=O) groups excluding carboxylic acids is 1. The second-order valence-electron chi connectivity index (χ2n) is 7.03. The van der Waals surface area contributed by atoms with E-state index in [1.54, 1.807) is 23.9 Å². The van der Waals surface area contributed by atoms with E-state index < -0.39 is 0 Å². The number of carbonyl (C=O) groups is 1. The predicted molar refractivity (Wildman–Crippen MR) is 117 cm³/mol. The molecule has 0 bridgehead atoms. The predicted octanol–water partition coefficient (Wildman–Crippen LogP) is 5.08. The van der Waals surface area contributed by atoms with Crippen molar-refractivity contribution in [3.8, 4) is 0 Å². The van der Waals surface area contributed by atoms with Crippen LogP contribution in [-0.2, 0) is 5.75 Å². The number of hydrogen-bond donors (Lipinski definition) is 0. The summed E-state index contributed by atoms with van der Waals surface area (Å²) in [6.07, 6.45) is 0. The van der Waals surface area contributed by atoms with Gasteiger partial charge in [-0.2, -0.15) is 0 Å². The summed E-state index contributed by atoms with van der Waals surface area (Å²) < 4.78 is 14.0. The molecule has 0 radical (unpaired) electrons. The molecule has 5 heteroatoms. The Morgan fingerprint density at radius 3 is 2.17 bits per heavy atom. The fourth-order valence-corrected chi connectivity index (χ4v) is 4.34. The SMILES string of the molecule is O=C(c1ccc(CSc2ccccc2)cc1)N1CCN(c2ccccc2F)CC1. The summed E-state index contributed by atoms with van der Waals surface area (Å²) in [5.74, 6) is 0.705. The normalized spacial score (nSPS) is 14.1. The van der Waals surface area contributed by atoms with Gasteiger partial charge in [0, 0.05) is 42.4 Å². The Hall–Kier alpha value is -2.79. The third-order valence-electron chi connectivity index (χ3n) is 5.11. The minimum absolute atomic E-state index is 0.0421. The molecule has 0 spiro atoms. The van der Waals surface area contributed by atoms with Crippen molar-refractivity contribution >= 4 is 23.4 Å². The summed E-state index contributed by atoms with van der Waals surface area (Å²) >= 11 is 1.78. The van der Waals surface area contributed by atoms with Crippen molar-refractivity contribution in [2.24, 2.45) is 0 Å². The summed E-state index contributed by atoms with van der Waals surface area (Å²) in [7, 11) is 0. The number of amides is 1. The van der Waals surface area contributed by atoms with Crippen LogP contribution in [0.4, 0.5) is 10.1 Å². The molecule has 0 unspecified atom stereocenters. The first-order valence-electron chi connectivity index (χ1n) is 9.76. The largest absolute Gasteiger partial charge is 0.366 e. The first kappa shape index (κ1) is 19.5. The number of anilines is 1. The molecule has 1 heterocycles. The Morgan fingerprint density at radius 2 is 1.48 bits per heavy atom. The van der Waals surface area contributed by atoms with Gasteiger partial charge in [0.15, 0.2) is 0 Å². The minimum Gasteiger partial charge on any atom is -0.366 e. The van der Waals surface area contributed by atoms with Crippen molar-refractivity contribution in [1.29, 1.82) is 0 Å². The van der Waals surface area contributed by atoms with Crippen LogP contribution in [-0.4, -0.2) is 37.0 Å². The highest BCUT2D eigenvalue weighted by Gasteiger charge is 2.23. The average Bonchev–Trinajstić information content (AvgIpc) is 2.79. The van der Waals surface area contributed by atoms with E-state index in [0.717, 1.165) is 5.75 Å². The number of halogens is 1. The molecule has 0 aliphatic carbocycles. The Bertz CT molecular complexity index is 954. The summed E-state index contributed by atoms with van der Waals surface area (Å²) in [5.41, 5.74) is 2.51. The average molecular weight is 407 g/mol. The standard InChI is InChI=1S/C24H23FN2OS/c25-22-8-4-5-9-23(22)26-14-16-27(17-15-26)24(28)20-12-10-19(11-13-20)18-29-21-6-2-1-3-7-21/h1-13H,14-18H2. The van der Waals surface area contributed by atoms with Crippen molar-refractivity contribution in [1.82, 2.24) is 4.90 Å². The zero-order valence-corrected chi connectivity index (χ0v) is 16.9. The first-order chi connectivity index (χ1) is 14.2. The summed E-state index contributed by atoms with van der Waals surface area (Å²) in [6.45, 7) is 2.47. The number of rotatable bonds is 5. The molecule has 0 aromatic heterocycles. The molecule has 0 N–H and O–H groups in total. The van der Waals surface area contributed by atoms with E-state index in [0.29, 0.717) is 37.4 Å². The molecule has 1 saturated heterocycles. The highest BCUT2D eigenvalue weighted by atomic mass is 32.2. The molecule has 1 fully saturated rings. The van der Waals surface area contributed by atoms with Gasteiger partial charge in [0.25, 0.3) is 5.91 Å². The van der Waals surface area contributed by atoms with E-state index in [-0.39, 0.29) is 11.7 Å². The number of benzene rings is 3. The lowest BCUT2D eigenvalue weighted by molar-refractivity contribution is 0.0746. The zero-order valence-electron chi connectivity index (χ0n) is 16.1. The molecule has 1 amide bonds. The summed E-state index contributed by atoms with van der Waals surface area (Å²) in [6, 6.07) is 25.0. The van der Waals surface area contributed by atoms with Crippen LogP contribution in [0.1, 0.15) is 15.9 Å². The lowest BCUT2D eigenvalue weighted by Crippen LogP contribution is -2.49. The van der Waals surface area contributed by atoms with Crippen LogP contribution < -0.4 is 4.90 Å². The van der Waals surface area contributed by atoms with Gasteiger partial charge in [0.05, 0.1) is 5.69 Å². The van der Waals surface area contributed by atoms with Crippen LogP contribution in [0.15, 0.2) is 83.8 Å². The van der Waals surface area contributed by atoms with Crippen LogP contribution in [0.3, 0.4) is 0 Å². The van der Waals surface area contributed by atoms with Gasteiger partial charge >= 0.3 is 0 Å². The Kier molecular flexibility index (Phi) is 6.15. The summed E-state index contributed by atoms with van der Waals surface area (Å²) in [5, 5.41) is 0. The van der Waals surface area contributed by atoms with Gasteiger partial charge in [0.2, 0.25) is 0 Å². The number of thioether (sulfide) groups is 1. The van der Waals surface area contributed by atoms with E-state index in [4.69, 9.17) is 0 Å². The molecule has 3 nitrogen and oxygen atoms in total. The molecule has 3 aromatic carbocycles. The fraction of sp³-hybridized carbons (Fsp3) is 0.208. The topological polar surface area (TPSA) is 23.6 Å². The third-order valence-corrected chi connectivity index (χ3v) is 6.19.